The van der Waals surface area contributed by atoms with Crippen LogP contribution in [0.1, 0.15) is 5.69 Å². The zero-order valence-corrected chi connectivity index (χ0v) is 12.1. The molecule has 3 N–H and O–H groups in total. The van der Waals surface area contributed by atoms with Gasteiger partial charge in [0.25, 0.3) is 11.8 Å². The van der Waals surface area contributed by atoms with E-state index in [-0.39, 0.29) is 5.69 Å². The van der Waals surface area contributed by atoms with E-state index in [1.807, 2.05) is 0 Å². The average Bonchev–Trinajstić information content (AvgIpc) is 2.92. The van der Waals surface area contributed by atoms with Crippen molar-refractivity contribution >= 4 is 11.9 Å². The Bertz CT molecular complexity index is 581. The first-order valence-corrected chi connectivity index (χ1v) is 6.48. The van der Waals surface area contributed by atoms with Crippen LogP contribution in [0.3, 0.4) is 0 Å². The van der Waals surface area contributed by atoms with Crippen molar-refractivity contribution < 1.29 is 37.1 Å². The van der Waals surface area contributed by atoms with Gasteiger partial charge in [-0.25, -0.2) is 13.8 Å². The summed E-state index contributed by atoms with van der Waals surface area (Å²) >= 11 is 0. The van der Waals surface area contributed by atoms with Crippen molar-refractivity contribution in [2.24, 2.45) is 0 Å². The van der Waals surface area contributed by atoms with E-state index in [0.717, 1.165) is 6.20 Å². The normalized spacial score (nSPS) is 12.2. The summed E-state index contributed by atoms with van der Waals surface area (Å²) in [5.41, 5.74) is -0.345. The van der Waals surface area contributed by atoms with E-state index in [4.69, 9.17) is 5.11 Å². The molecule has 0 unspecified atom stereocenters. The topological polar surface area (TPSA) is 130 Å². The van der Waals surface area contributed by atoms with Crippen LogP contribution >= 0.6 is 0 Å². The Labute approximate surface area is 132 Å². The number of hydrogen-bond acceptors (Lipinski definition) is 6. The molecule has 0 saturated heterocycles. The highest BCUT2D eigenvalue weighted by atomic mass is 19.3. The molecule has 1 aromatic heterocycles. The Balaban J connectivity index is 2.49. The molecule has 13 heteroatoms. The van der Waals surface area contributed by atoms with Crippen molar-refractivity contribution in [2.75, 3.05) is 26.4 Å². The number of aromatic amines is 1. The molecular weight excluding hydrogens is 344 g/mol. The van der Waals surface area contributed by atoms with E-state index in [9.17, 15) is 32.5 Å². The number of aromatic nitrogens is 2. The highest BCUT2D eigenvalue weighted by Crippen LogP contribution is 2.22. The maximum absolute atomic E-state index is 13.6. The molecule has 0 radical (unpaired) electrons. The van der Waals surface area contributed by atoms with Crippen LogP contribution in [0.4, 0.5) is 23.5 Å². The predicted molar refractivity (Wildman–Crippen MR) is 69.8 cm³/mol. The van der Waals surface area contributed by atoms with E-state index < -0.39 is 61.4 Å². The van der Waals surface area contributed by atoms with Crippen molar-refractivity contribution in [1.29, 1.82) is 0 Å². The number of nitrogens with one attached hydrogen (secondary N) is 2. The third-order valence-corrected chi connectivity index (χ3v) is 2.56. The molecule has 0 aliphatic rings. The largest absolute Gasteiger partial charge is 0.432 e. The molecule has 0 fully saturated rings. The van der Waals surface area contributed by atoms with E-state index in [0.29, 0.717) is 0 Å². The number of hydrogen-bond donors (Lipinski definition) is 3. The minimum absolute atomic E-state index is 0.345. The second-order valence-corrected chi connectivity index (χ2v) is 4.68. The highest BCUT2D eigenvalue weighted by molar-refractivity contribution is 5.83. The number of amides is 1. The second kappa shape index (κ2) is 8.01. The number of carbonyl (C=O) groups is 1. The van der Waals surface area contributed by atoms with Gasteiger partial charge in [0.05, 0.1) is 13.0 Å². The first-order valence-electron chi connectivity index (χ1n) is 6.48. The van der Waals surface area contributed by atoms with E-state index >= 15 is 0 Å². The molecule has 136 valence electrons. The molecule has 0 atom stereocenters. The van der Waals surface area contributed by atoms with Gasteiger partial charge in [-0.15, -0.1) is 0 Å². The Hall–Kier alpha value is -2.28. The summed E-state index contributed by atoms with van der Waals surface area (Å²) in [4.78, 5) is 25.8. The molecule has 0 aromatic carbocycles. The molecule has 9 nitrogen and oxygen atoms in total. The molecule has 1 aromatic rings. The number of nitrogens with zero attached hydrogens (tertiary/aromatic N) is 2. The molecule has 0 spiro atoms. The zero-order valence-electron chi connectivity index (χ0n) is 12.1. The van der Waals surface area contributed by atoms with Crippen LogP contribution in [0.15, 0.2) is 6.20 Å². The van der Waals surface area contributed by atoms with Crippen LogP contribution < -0.4 is 5.32 Å². The number of carbonyl (C=O) groups excluding carboxylic acids is 1. The fourth-order valence-corrected chi connectivity index (χ4v) is 1.54. The van der Waals surface area contributed by atoms with Crippen molar-refractivity contribution in [3.63, 3.8) is 0 Å². The van der Waals surface area contributed by atoms with Gasteiger partial charge in [0, 0.05) is 6.54 Å². The maximum atomic E-state index is 13.6. The van der Waals surface area contributed by atoms with E-state index in [1.54, 1.807) is 5.32 Å². The van der Waals surface area contributed by atoms with Crippen molar-refractivity contribution in [2.45, 2.75) is 18.3 Å². The number of alkyl halides is 4. The summed E-state index contributed by atoms with van der Waals surface area (Å²) in [7, 11) is 0. The van der Waals surface area contributed by atoms with Crippen molar-refractivity contribution in [3.05, 3.63) is 22.0 Å². The number of nitro groups is 1. The summed E-state index contributed by atoms with van der Waals surface area (Å²) in [5.74, 6) is -10.2. The summed E-state index contributed by atoms with van der Waals surface area (Å²) in [6, 6.07) is 0. The number of imidazole rings is 1. The van der Waals surface area contributed by atoms with Gasteiger partial charge < -0.3 is 25.3 Å². The molecular formula is C11H14F4N4O5. The number of halogens is 4. The number of aliphatic hydroxyl groups excluding tert-OH is 1. The van der Waals surface area contributed by atoms with Crippen LogP contribution in [-0.2, 0) is 16.0 Å². The van der Waals surface area contributed by atoms with Crippen LogP contribution in [0.5, 0.6) is 0 Å². The third kappa shape index (κ3) is 6.08. The SMILES string of the molecule is O=C(NCCO)C(F)(F)COCC(F)(F)Cc1c[nH]c([N+](=O)[O-])n1. The third-order valence-electron chi connectivity index (χ3n) is 2.56. The molecule has 0 bridgehead atoms. The lowest BCUT2D eigenvalue weighted by atomic mass is 10.2. The Morgan fingerprint density at radius 1 is 1.42 bits per heavy atom. The first-order chi connectivity index (χ1) is 11.1. The second-order valence-electron chi connectivity index (χ2n) is 4.68. The number of ether oxygens (including phenoxy) is 1. The number of rotatable bonds is 10. The van der Waals surface area contributed by atoms with Gasteiger partial charge in [0.15, 0.2) is 5.69 Å². The molecule has 1 rings (SSSR count). The lowest BCUT2D eigenvalue weighted by Gasteiger charge is -2.18. The van der Waals surface area contributed by atoms with Gasteiger partial charge in [-0.1, -0.05) is 4.98 Å². The number of H-pyrrole nitrogens is 1. The fourth-order valence-electron chi connectivity index (χ4n) is 1.54. The van der Waals surface area contributed by atoms with Gasteiger partial charge in [-0.2, -0.15) is 8.78 Å². The lowest BCUT2D eigenvalue weighted by molar-refractivity contribution is -0.393. The van der Waals surface area contributed by atoms with E-state index in [2.05, 4.69) is 14.7 Å². The van der Waals surface area contributed by atoms with Gasteiger partial charge in [-0.05, 0) is 4.92 Å². The van der Waals surface area contributed by atoms with Crippen molar-refractivity contribution in [3.8, 4) is 0 Å². The quantitative estimate of drug-likeness (QED) is 0.312. The van der Waals surface area contributed by atoms with Gasteiger partial charge in [0.1, 0.15) is 19.4 Å². The maximum Gasteiger partial charge on any atom is 0.432 e. The monoisotopic (exact) mass is 358 g/mol. The molecule has 0 aliphatic heterocycles. The predicted octanol–water partition coefficient (Wildman–Crippen LogP) is 0.256. The van der Waals surface area contributed by atoms with E-state index in [1.165, 1.54) is 0 Å². The minimum Gasteiger partial charge on any atom is -0.395 e. The Kier molecular flexibility index (Phi) is 6.60. The molecule has 1 heterocycles. The smallest absolute Gasteiger partial charge is 0.395 e. The summed E-state index contributed by atoms with van der Waals surface area (Å²) in [6.07, 6.45) is -0.178. The molecule has 0 aliphatic carbocycles. The van der Waals surface area contributed by atoms with Crippen LogP contribution in [-0.4, -0.2) is 64.1 Å². The summed E-state index contributed by atoms with van der Waals surface area (Å²) < 4.78 is 57.9. The van der Waals surface area contributed by atoms with Crippen LogP contribution in [0.2, 0.25) is 0 Å². The van der Waals surface area contributed by atoms with Crippen molar-refractivity contribution in [1.82, 2.24) is 15.3 Å². The van der Waals surface area contributed by atoms with Crippen LogP contribution in [0.25, 0.3) is 0 Å². The highest BCUT2D eigenvalue weighted by Gasteiger charge is 2.41. The molecule has 24 heavy (non-hydrogen) atoms. The fraction of sp³-hybridized carbons (Fsp3) is 0.636. The molecule has 0 saturated carbocycles. The Morgan fingerprint density at radius 3 is 2.62 bits per heavy atom. The lowest BCUT2D eigenvalue weighted by Crippen LogP contribution is -2.45. The number of aliphatic hydroxyl groups is 1. The summed E-state index contributed by atoms with van der Waals surface area (Å²) in [5, 5.41) is 20.5. The zero-order chi connectivity index (χ0) is 18.4. The standard InChI is InChI=1S/C11H14F4N4O5/c12-10(13,3-7-4-17-9(18-7)19(22)23)5-24-6-11(14,15)8(21)16-1-2-20/h4,20H,1-3,5-6H2,(H,16,21)(H,17,18). The summed E-state index contributed by atoms with van der Waals surface area (Å²) in [6.45, 7) is -3.99. The van der Waals surface area contributed by atoms with Gasteiger partial charge in [-0.3, -0.25) is 4.79 Å². The van der Waals surface area contributed by atoms with Gasteiger partial charge in [0.2, 0.25) is 0 Å². The Morgan fingerprint density at radius 2 is 2.08 bits per heavy atom. The van der Waals surface area contributed by atoms with Crippen LogP contribution in [0, 0.1) is 10.1 Å². The minimum atomic E-state index is -4.05. The van der Waals surface area contributed by atoms with Gasteiger partial charge >= 0.3 is 11.9 Å². The molecule has 1 amide bonds. The average molecular weight is 358 g/mol. The first kappa shape index (κ1) is 19.8.